The first-order chi connectivity index (χ1) is 11.4. The lowest BCUT2D eigenvalue weighted by atomic mass is 10.2. The topological polar surface area (TPSA) is 50.3 Å². The lowest BCUT2D eigenvalue weighted by Gasteiger charge is -2.18. The molecule has 0 amide bonds. The Balaban J connectivity index is 2.01. The number of aromatic nitrogens is 1. The van der Waals surface area contributed by atoms with Gasteiger partial charge in [0.05, 0.1) is 5.52 Å². The molecule has 3 aromatic rings. The molecule has 0 saturated heterocycles. The van der Waals surface area contributed by atoms with Gasteiger partial charge in [0.2, 0.25) is 10.0 Å². The van der Waals surface area contributed by atoms with E-state index in [1.165, 1.54) is 23.5 Å². The number of aryl methyl sites for hydroxylation is 1. The summed E-state index contributed by atoms with van der Waals surface area (Å²) in [5.41, 5.74) is 1.99. The third-order valence-corrected chi connectivity index (χ3v) is 5.63. The number of sulfonamides is 1. The highest BCUT2D eigenvalue weighted by molar-refractivity contribution is 7.89. The monoisotopic (exact) mass is 344 g/mol. The molecule has 0 unspecified atom stereocenters. The standard InChI is InChI=1S/C18H17FN2O2S/c1-13-9-15-6-4-8-17(18(15)20-11-13)24(22,23)21(2)12-14-5-3-7-16(19)10-14/h3-11H,12H2,1-2H3. The van der Waals surface area contributed by atoms with Gasteiger partial charge in [-0.3, -0.25) is 4.98 Å². The maximum Gasteiger partial charge on any atom is 0.245 e. The average molecular weight is 344 g/mol. The summed E-state index contributed by atoms with van der Waals surface area (Å²) in [4.78, 5) is 4.44. The number of rotatable bonds is 4. The number of halogens is 1. The Hall–Kier alpha value is -2.31. The molecule has 1 heterocycles. The smallest absolute Gasteiger partial charge is 0.245 e. The Kier molecular flexibility index (Phi) is 4.34. The predicted molar refractivity (Wildman–Crippen MR) is 91.5 cm³/mol. The fraction of sp³-hybridized carbons (Fsp3) is 0.167. The Morgan fingerprint density at radius 2 is 1.88 bits per heavy atom. The molecule has 4 nitrogen and oxygen atoms in total. The van der Waals surface area contributed by atoms with E-state index < -0.39 is 10.0 Å². The molecule has 0 bridgehead atoms. The zero-order chi connectivity index (χ0) is 17.3. The van der Waals surface area contributed by atoms with E-state index in [9.17, 15) is 12.8 Å². The van der Waals surface area contributed by atoms with E-state index >= 15 is 0 Å². The van der Waals surface area contributed by atoms with Crippen molar-refractivity contribution in [2.24, 2.45) is 0 Å². The molecule has 0 aliphatic heterocycles. The minimum absolute atomic E-state index is 0.0857. The molecule has 1 aromatic heterocycles. The third-order valence-electron chi connectivity index (χ3n) is 3.79. The van der Waals surface area contributed by atoms with Crippen molar-refractivity contribution >= 4 is 20.9 Å². The van der Waals surface area contributed by atoms with Gasteiger partial charge in [-0.15, -0.1) is 0 Å². The summed E-state index contributed by atoms with van der Waals surface area (Å²) in [5, 5.41) is 0.773. The highest BCUT2D eigenvalue weighted by Gasteiger charge is 2.24. The maximum atomic E-state index is 13.3. The second-order valence-corrected chi connectivity index (χ2v) is 7.74. The summed E-state index contributed by atoms with van der Waals surface area (Å²) >= 11 is 0. The quantitative estimate of drug-likeness (QED) is 0.728. The Morgan fingerprint density at radius 3 is 2.62 bits per heavy atom. The predicted octanol–water partition coefficient (Wildman–Crippen LogP) is 3.50. The molecule has 0 radical (unpaired) electrons. The van der Waals surface area contributed by atoms with E-state index in [2.05, 4.69) is 4.98 Å². The van der Waals surface area contributed by atoms with Gasteiger partial charge in [-0.1, -0.05) is 24.3 Å². The molecule has 0 aliphatic rings. The summed E-state index contributed by atoms with van der Waals surface area (Å²) in [5.74, 6) is -0.388. The molecule has 0 aliphatic carbocycles. The minimum Gasteiger partial charge on any atom is -0.255 e. The van der Waals surface area contributed by atoms with E-state index in [0.29, 0.717) is 11.1 Å². The van der Waals surface area contributed by atoms with E-state index in [4.69, 9.17) is 0 Å². The molecule has 6 heteroatoms. The van der Waals surface area contributed by atoms with Crippen molar-refractivity contribution in [2.45, 2.75) is 18.4 Å². The molecule has 2 aromatic carbocycles. The molecule has 24 heavy (non-hydrogen) atoms. The highest BCUT2D eigenvalue weighted by Crippen LogP contribution is 2.25. The molecule has 0 fully saturated rings. The highest BCUT2D eigenvalue weighted by atomic mass is 32.2. The first-order valence-electron chi connectivity index (χ1n) is 7.44. The van der Waals surface area contributed by atoms with Crippen LogP contribution in [0.25, 0.3) is 10.9 Å². The van der Waals surface area contributed by atoms with E-state index in [1.807, 2.05) is 19.1 Å². The zero-order valence-electron chi connectivity index (χ0n) is 13.4. The molecule has 0 spiro atoms. The Morgan fingerprint density at radius 1 is 1.12 bits per heavy atom. The van der Waals surface area contributed by atoms with Gasteiger partial charge >= 0.3 is 0 Å². The normalized spacial score (nSPS) is 12.0. The molecule has 124 valence electrons. The van der Waals surface area contributed by atoms with Crippen molar-refractivity contribution in [3.8, 4) is 0 Å². The van der Waals surface area contributed by atoms with Gasteiger partial charge in [0.15, 0.2) is 0 Å². The van der Waals surface area contributed by atoms with Crippen LogP contribution in [-0.2, 0) is 16.6 Å². The lowest BCUT2D eigenvalue weighted by molar-refractivity contribution is 0.466. The van der Waals surface area contributed by atoms with Gasteiger partial charge in [-0.05, 0) is 42.3 Å². The van der Waals surface area contributed by atoms with Crippen molar-refractivity contribution < 1.29 is 12.8 Å². The number of nitrogens with zero attached hydrogens (tertiary/aromatic N) is 2. The van der Waals surface area contributed by atoms with Crippen LogP contribution >= 0.6 is 0 Å². The van der Waals surface area contributed by atoms with Crippen molar-refractivity contribution in [3.63, 3.8) is 0 Å². The SMILES string of the molecule is Cc1cnc2c(S(=O)(=O)N(C)Cc3cccc(F)c3)cccc2c1. The number of fused-ring (bicyclic) bond motifs is 1. The molecule has 0 saturated carbocycles. The van der Waals surface area contributed by atoms with Crippen molar-refractivity contribution in [1.29, 1.82) is 0 Å². The van der Waals surface area contributed by atoms with Gasteiger partial charge in [-0.2, -0.15) is 4.31 Å². The van der Waals surface area contributed by atoms with Gasteiger partial charge in [0, 0.05) is 25.2 Å². The third kappa shape index (κ3) is 3.16. The minimum atomic E-state index is -3.74. The summed E-state index contributed by atoms with van der Waals surface area (Å²) in [7, 11) is -2.26. The molecular formula is C18H17FN2O2S. The fourth-order valence-electron chi connectivity index (χ4n) is 2.60. The van der Waals surface area contributed by atoms with Crippen LogP contribution in [0.4, 0.5) is 4.39 Å². The van der Waals surface area contributed by atoms with Crippen LogP contribution in [-0.4, -0.2) is 24.8 Å². The van der Waals surface area contributed by atoms with E-state index in [1.54, 1.807) is 30.5 Å². The second-order valence-electron chi connectivity index (χ2n) is 5.73. The van der Waals surface area contributed by atoms with E-state index in [-0.39, 0.29) is 17.3 Å². The Labute approximate surface area is 140 Å². The average Bonchev–Trinajstić information content (AvgIpc) is 2.54. The van der Waals surface area contributed by atoms with Gasteiger partial charge < -0.3 is 0 Å². The van der Waals surface area contributed by atoms with Crippen LogP contribution < -0.4 is 0 Å². The van der Waals surface area contributed by atoms with Crippen LogP contribution in [0.2, 0.25) is 0 Å². The number of pyridine rings is 1. The molecule has 3 rings (SSSR count). The van der Waals surface area contributed by atoms with Crippen molar-refractivity contribution in [2.75, 3.05) is 7.05 Å². The molecule has 0 N–H and O–H groups in total. The van der Waals surface area contributed by atoms with Gasteiger partial charge in [0.1, 0.15) is 10.7 Å². The van der Waals surface area contributed by atoms with Gasteiger partial charge in [0.25, 0.3) is 0 Å². The van der Waals surface area contributed by atoms with Gasteiger partial charge in [-0.25, -0.2) is 12.8 Å². The first kappa shape index (κ1) is 16.5. The number of para-hydroxylation sites is 1. The van der Waals surface area contributed by atoms with Crippen LogP contribution in [0.3, 0.4) is 0 Å². The first-order valence-corrected chi connectivity index (χ1v) is 8.88. The largest absolute Gasteiger partial charge is 0.255 e. The Bertz CT molecular complexity index is 1000. The summed E-state index contributed by atoms with van der Waals surface area (Å²) in [6.45, 7) is 1.99. The summed E-state index contributed by atoms with van der Waals surface area (Å²) in [6, 6.07) is 12.9. The zero-order valence-corrected chi connectivity index (χ0v) is 14.2. The summed E-state index contributed by atoms with van der Waals surface area (Å²) < 4.78 is 40.3. The van der Waals surface area contributed by atoms with Crippen molar-refractivity contribution in [3.05, 3.63) is 71.7 Å². The van der Waals surface area contributed by atoms with Crippen LogP contribution in [0.15, 0.2) is 59.6 Å². The molecular weight excluding hydrogens is 327 g/mol. The van der Waals surface area contributed by atoms with Crippen LogP contribution in [0, 0.1) is 12.7 Å². The van der Waals surface area contributed by atoms with Crippen LogP contribution in [0.5, 0.6) is 0 Å². The van der Waals surface area contributed by atoms with Crippen molar-refractivity contribution in [1.82, 2.24) is 9.29 Å². The summed E-state index contributed by atoms with van der Waals surface area (Å²) in [6.07, 6.45) is 1.65. The van der Waals surface area contributed by atoms with Crippen LogP contribution in [0.1, 0.15) is 11.1 Å². The number of benzene rings is 2. The fourth-order valence-corrected chi connectivity index (χ4v) is 3.92. The number of hydrogen-bond acceptors (Lipinski definition) is 3. The lowest BCUT2D eigenvalue weighted by Crippen LogP contribution is -2.26. The number of hydrogen-bond donors (Lipinski definition) is 0. The maximum absolute atomic E-state index is 13.3. The second kappa shape index (κ2) is 6.30. The van der Waals surface area contributed by atoms with E-state index in [0.717, 1.165) is 10.9 Å². The molecule has 0 atom stereocenters.